The molecule has 1 fully saturated rings. The van der Waals surface area contributed by atoms with Gasteiger partial charge in [0.05, 0.1) is 5.38 Å². The van der Waals surface area contributed by atoms with E-state index in [9.17, 15) is 8.78 Å². The molecule has 0 aromatic heterocycles. The van der Waals surface area contributed by atoms with Crippen LogP contribution in [0.25, 0.3) is 0 Å². The van der Waals surface area contributed by atoms with Gasteiger partial charge in [0.15, 0.2) is 0 Å². The second-order valence-corrected chi connectivity index (χ2v) is 5.68. The van der Waals surface area contributed by atoms with Gasteiger partial charge in [0.2, 0.25) is 0 Å². The molecule has 0 saturated heterocycles. The van der Waals surface area contributed by atoms with Gasteiger partial charge < -0.3 is 0 Å². The molecule has 0 spiro atoms. The zero-order valence-electron chi connectivity index (χ0n) is 9.98. The van der Waals surface area contributed by atoms with Gasteiger partial charge in [-0.2, -0.15) is 0 Å². The molecular formula is C14H17ClF2. The summed E-state index contributed by atoms with van der Waals surface area (Å²) in [6.45, 7) is 2.10. The molecule has 0 heterocycles. The van der Waals surface area contributed by atoms with E-state index in [1.165, 1.54) is 18.6 Å². The maximum absolute atomic E-state index is 13.7. The highest BCUT2D eigenvalue weighted by Crippen LogP contribution is 2.49. The largest absolute Gasteiger partial charge is 0.207 e. The van der Waals surface area contributed by atoms with Crippen molar-refractivity contribution in [1.29, 1.82) is 0 Å². The Balaban J connectivity index is 2.26. The molecule has 3 heteroatoms. The fraction of sp³-hybridized carbons (Fsp3) is 0.571. The van der Waals surface area contributed by atoms with Crippen LogP contribution in [0.3, 0.4) is 0 Å². The highest BCUT2D eigenvalue weighted by molar-refractivity contribution is 6.21. The van der Waals surface area contributed by atoms with Crippen LogP contribution < -0.4 is 0 Å². The van der Waals surface area contributed by atoms with Crippen LogP contribution in [0.15, 0.2) is 18.2 Å². The Morgan fingerprint density at radius 1 is 1.18 bits per heavy atom. The molecule has 1 aliphatic carbocycles. The number of halogens is 3. The lowest BCUT2D eigenvalue weighted by Gasteiger charge is -2.38. The minimum atomic E-state index is -0.552. The van der Waals surface area contributed by atoms with Crippen LogP contribution in [-0.4, -0.2) is 0 Å². The van der Waals surface area contributed by atoms with E-state index in [-0.39, 0.29) is 10.8 Å². The molecule has 1 aliphatic rings. The van der Waals surface area contributed by atoms with E-state index < -0.39 is 11.6 Å². The SMILES string of the molecule is CC1(C(Cl)c2ccc(F)cc2F)CCCCC1. The fourth-order valence-corrected chi connectivity index (χ4v) is 3.09. The zero-order chi connectivity index (χ0) is 12.5. The predicted molar refractivity (Wildman–Crippen MR) is 66.1 cm³/mol. The van der Waals surface area contributed by atoms with Gasteiger partial charge >= 0.3 is 0 Å². The van der Waals surface area contributed by atoms with E-state index in [0.717, 1.165) is 31.7 Å². The van der Waals surface area contributed by atoms with Crippen LogP contribution in [0.5, 0.6) is 0 Å². The summed E-state index contributed by atoms with van der Waals surface area (Å²) in [5.41, 5.74) is 0.357. The number of rotatable bonds is 2. The molecule has 0 nitrogen and oxygen atoms in total. The first-order valence-electron chi connectivity index (χ1n) is 6.12. The molecule has 94 valence electrons. The van der Waals surface area contributed by atoms with E-state index >= 15 is 0 Å². The van der Waals surface area contributed by atoms with Crippen molar-refractivity contribution in [3.8, 4) is 0 Å². The summed E-state index contributed by atoms with van der Waals surface area (Å²) in [5.74, 6) is -1.08. The van der Waals surface area contributed by atoms with Crippen molar-refractivity contribution in [3.63, 3.8) is 0 Å². The molecule has 2 rings (SSSR count). The van der Waals surface area contributed by atoms with Gasteiger partial charge in [-0.05, 0) is 24.3 Å². The van der Waals surface area contributed by atoms with Crippen molar-refractivity contribution in [2.24, 2.45) is 5.41 Å². The zero-order valence-corrected chi connectivity index (χ0v) is 10.7. The summed E-state index contributed by atoms with van der Waals surface area (Å²) in [4.78, 5) is 0. The minimum absolute atomic E-state index is 0.0710. The number of benzene rings is 1. The lowest BCUT2D eigenvalue weighted by molar-refractivity contribution is 0.204. The summed E-state index contributed by atoms with van der Waals surface area (Å²) in [7, 11) is 0. The van der Waals surface area contributed by atoms with Crippen LogP contribution in [0.2, 0.25) is 0 Å². The van der Waals surface area contributed by atoms with E-state index in [0.29, 0.717) is 5.56 Å². The first kappa shape index (κ1) is 12.8. The smallest absolute Gasteiger partial charge is 0.130 e. The molecule has 0 amide bonds. The van der Waals surface area contributed by atoms with Gasteiger partial charge in [-0.1, -0.05) is 32.3 Å². The summed E-state index contributed by atoms with van der Waals surface area (Å²) in [6, 6.07) is 3.67. The third-order valence-electron chi connectivity index (χ3n) is 3.84. The highest BCUT2D eigenvalue weighted by atomic mass is 35.5. The Labute approximate surface area is 106 Å². The van der Waals surface area contributed by atoms with Crippen LogP contribution in [0, 0.1) is 17.0 Å². The Bertz CT molecular complexity index is 397. The number of hydrogen-bond acceptors (Lipinski definition) is 0. The first-order valence-corrected chi connectivity index (χ1v) is 6.56. The second kappa shape index (κ2) is 4.93. The monoisotopic (exact) mass is 258 g/mol. The lowest BCUT2D eigenvalue weighted by Crippen LogP contribution is -2.26. The standard InChI is InChI=1S/C14H17ClF2/c1-14(7-3-2-4-8-14)13(15)11-6-5-10(16)9-12(11)17/h5-6,9,13H,2-4,7-8H2,1H3. The predicted octanol–water partition coefficient (Wildman–Crippen LogP) is 5.22. The molecule has 1 unspecified atom stereocenters. The highest BCUT2D eigenvalue weighted by Gasteiger charge is 2.36. The third-order valence-corrected chi connectivity index (χ3v) is 4.61. The molecule has 0 bridgehead atoms. The summed E-state index contributed by atoms with van der Waals surface area (Å²) in [5, 5.41) is -0.372. The summed E-state index contributed by atoms with van der Waals surface area (Å²) < 4.78 is 26.6. The summed E-state index contributed by atoms with van der Waals surface area (Å²) in [6.07, 6.45) is 5.53. The number of alkyl halides is 1. The lowest BCUT2D eigenvalue weighted by atomic mass is 9.71. The average molecular weight is 259 g/mol. The maximum Gasteiger partial charge on any atom is 0.130 e. The van der Waals surface area contributed by atoms with Gasteiger partial charge in [0.25, 0.3) is 0 Å². The maximum atomic E-state index is 13.7. The first-order chi connectivity index (χ1) is 8.03. The number of hydrogen-bond donors (Lipinski definition) is 0. The van der Waals surface area contributed by atoms with Crippen LogP contribution in [0.1, 0.15) is 50.0 Å². The Morgan fingerprint density at radius 2 is 1.82 bits per heavy atom. The molecule has 17 heavy (non-hydrogen) atoms. The molecule has 1 aromatic rings. The van der Waals surface area contributed by atoms with E-state index in [1.807, 2.05) is 0 Å². The topological polar surface area (TPSA) is 0 Å². The quantitative estimate of drug-likeness (QED) is 0.639. The molecule has 0 aliphatic heterocycles. The molecule has 0 N–H and O–H groups in total. The normalized spacial score (nSPS) is 21.2. The molecule has 1 atom stereocenters. The average Bonchev–Trinajstić information content (AvgIpc) is 2.29. The molecule has 1 aromatic carbocycles. The van der Waals surface area contributed by atoms with Crippen molar-refractivity contribution < 1.29 is 8.78 Å². The van der Waals surface area contributed by atoms with Crippen molar-refractivity contribution in [1.82, 2.24) is 0 Å². The van der Waals surface area contributed by atoms with Gasteiger partial charge in [-0.25, -0.2) is 8.78 Å². The van der Waals surface area contributed by atoms with E-state index in [1.54, 1.807) is 0 Å². The Morgan fingerprint density at radius 3 is 2.41 bits per heavy atom. The van der Waals surface area contributed by atoms with Gasteiger partial charge in [-0.15, -0.1) is 11.6 Å². The van der Waals surface area contributed by atoms with Crippen LogP contribution in [-0.2, 0) is 0 Å². The molecule has 0 radical (unpaired) electrons. The van der Waals surface area contributed by atoms with Crippen molar-refractivity contribution in [2.45, 2.75) is 44.4 Å². The van der Waals surface area contributed by atoms with Crippen molar-refractivity contribution in [2.75, 3.05) is 0 Å². The Kier molecular flexibility index (Phi) is 3.72. The third kappa shape index (κ3) is 2.62. The van der Waals surface area contributed by atoms with Crippen LogP contribution in [0.4, 0.5) is 8.78 Å². The van der Waals surface area contributed by atoms with E-state index in [2.05, 4.69) is 6.92 Å². The molecular weight excluding hydrogens is 242 g/mol. The van der Waals surface area contributed by atoms with E-state index in [4.69, 9.17) is 11.6 Å². The Hall–Kier alpha value is -0.630. The van der Waals surface area contributed by atoms with Gasteiger partial charge in [0.1, 0.15) is 11.6 Å². The fourth-order valence-electron chi connectivity index (χ4n) is 2.70. The summed E-state index contributed by atoms with van der Waals surface area (Å²) >= 11 is 6.42. The second-order valence-electron chi connectivity index (χ2n) is 5.24. The minimum Gasteiger partial charge on any atom is -0.207 e. The van der Waals surface area contributed by atoms with Gasteiger partial charge in [-0.3, -0.25) is 0 Å². The molecule has 1 saturated carbocycles. The van der Waals surface area contributed by atoms with Crippen molar-refractivity contribution >= 4 is 11.6 Å². The van der Waals surface area contributed by atoms with Crippen LogP contribution >= 0.6 is 11.6 Å². The van der Waals surface area contributed by atoms with Crippen molar-refractivity contribution in [3.05, 3.63) is 35.4 Å². The van der Waals surface area contributed by atoms with Gasteiger partial charge in [0, 0.05) is 11.6 Å².